The molecule has 0 N–H and O–H groups in total. The number of rotatable bonds is 11. The van der Waals surface area contributed by atoms with Gasteiger partial charge in [-0.25, -0.2) is 0 Å². The van der Waals surface area contributed by atoms with Crippen molar-refractivity contribution in [3.8, 4) is 6.07 Å². The maximum absolute atomic E-state index is 13.0. The Morgan fingerprint density at radius 2 is 1.68 bits per heavy atom. The number of unbranched alkanes of at least 4 members (excludes halogenated alkanes) is 4. The van der Waals surface area contributed by atoms with E-state index in [0.29, 0.717) is 6.42 Å². The molecule has 0 amide bonds. The summed E-state index contributed by atoms with van der Waals surface area (Å²) in [6.45, 7) is 2.29. The lowest BCUT2D eigenvalue weighted by molar-refractivity contribution is -0.0619. The van der Waals surface area contributed by atoms with Gasteiger partial charge in [0.2, 0.25) is 0 Å². The topological polar surface area (TPSA) is 33.0 Å². The molecule has 0 atom stereocenters. The summed E-state index contributed by atoms with van der Waals surface area (Å²) in [6.07, 6.45) is 21.8. The van der Waals surface area contributed by atoms with Crippen molar-refractivity contribution in [2.75, 3.05) is 7.11 Å². The molecule has 0 aromatic carbocycles. The lowest BCUT2D eigenvalue weighted by Gasteiger charge is -2.43. The number of hydrogen-bond donors (Lipinski definition) is 0. The van der Waals surface area contributed by atoms with Gasteiger partial charge in [0.15, 0.2) is 5.83 Å². The molecule has 28 heavy (non-hydrogen) atoms. The number of allylic oxidation sites excluding steroid dienone is 2. The summed E-state index contributed by atoms with van der Waals surface area (Å²) in [7, 11) is 1.80. The first-order chi connectivity index (χ1) is 13.6. The summed E-state index contributed by atoms with van der Waals surface area (Å²) < 4.78 is 18.9. The van der Waals surface area contributed by atoms with Crippen LogP contribution in [0.25, 0.3) is 0 Å². The number of methoxy groups -OCH3 is 1. The first kappa shape index (κ1) is 23.4. The summed E-state index contributed by atoms with van der Waals surface area (Å²) in [5, 5.41) is 8.55. The highest BCUT2D eigenvalue weighted by atomic mass is 19.1. The standard InChI is InChI=1S/C25H42FNO/c1-3-4-5-6-7-9-21-11-13-22(14-12-21)23-15-18-25(28-2,19-16-23)17-8-10-24(26)20-27/h10,21-23H,3-9,11-19H2,1-2H3. The van der Waals surface area contributed by atoms with Crippen molar-refractivity contribution in [2.24, 2.45) is 17.8 Å². The lowest BCUT2D eigenvalue weighted by Crippen LogP contribution is -2.38. The number of nitrogens with zero attached hydrogens (tertiary/aromatic N) is 1. The summed E-state index contributed by atoms with van der Waals surface area (Å²) >= 11 is 0. The predicted molar refractivity (Wildman–Crippen MR) is 115 cm³/mol. The molecule has 3 heteroatoms. The molecule has 0 bridgehead atoms. The first-order valence-corrected chi connectivity index (χ1v) is 11.9. The summed E-state index contributed by atoms with van der Waals surface area (Å²) in [5.41, 5.74) is -0.0988. The fraction of sp³-hybridized carbons (Fsp3) is 0.880. The number of ether oxygens (including phenoxy) is 1. The van der Waals surface area contributed by atoms with Crippen LogP contribution in [-0.2, 0) is 4.74 Å². The molecule has 0 heterocycles. The Hall–Kier alpha value is -0.880. The zero-order chi connectivity index (χ0) is 20.2. The Kier molecular flexibility index (Phi) is 10.6. The highest BCUT2D eigenvalue weighted by Gasteiger charge is 2.38. The number of hydrogen-bond acceptors (Lipinski definition) is 2. The Bertz CT molecular complexity index is 493. The fourth-order valence-corrected chi connectivity index (χ4v) is 5.69. The van der Waals surface area contributed by atoms with Crippen LogP contribution in [0.2, 0.25) is 0 Å². The second kappa shape index (κ2) is 12.6. The Labute approximate surface area is 172 Å². The van der Waals surface area contributed by atoms with Crippen LogP contribution in [0.4, 0.5) is 4.39 Å². The molecule has 2 rings (SSSR count). The van der Waals surface area contributed by atoms with Crippen molar-refractivity contribution < 1.29 is 9.13 Å². The Morgan fingerprint density at radius 1 is 1.04 bits per heavy atom. The van der Waals surface area contributed by atoms with E-state index in [0.717, 1.165) is 37.0 Å². The fourth-order valence-electron chi connectivity index (χ4n) is 5.69. The third-order valence-electron chi connectivity index (χ3n) is 7.68. The molecule has 0 radical (unpaired) electrons. The predicted octanol–water partition coefficient (Wildman–Crippen LogP) is 7.89. The van der Waals surface area contributed by atoms with E-state index in [4.69, 9.17) is 10.00 Å². The van der Waals surface area contributed by atoms with Crippen molar-refractivity contribution in [2.45, 2.75) is 115 Å². The van der Waals surface area contributed by atoms with Gasteiger partial charge in [-0.05, 0) is 75.2 Å². The van der Waals surface area contributed by atoms with Crippen LogP contribution in [0.15, 0.2) is 11.9 Å². The van der Waals surface area contributed by atoms with E-state index >= 15 is 0 Å². The monoisotopic (exact) mass is 391 g/mol. The molecule has 2 aliphatic carbocycles. The highest BCUT2D eigenvalue weighted by Crippen LogP contribution is 2.45. The first-order valence-electron chi connectivity index (χ1n) is 11.9. The van der Waals surface area contributed by atoms with Gasteiger partial charge in [0.1, 0.15) is 6.07 Å². The molecular weight excluding hydrogens is 349 g/mol. The van der Waals surface area contributed by atoms with Gasteiger partial charge in [-0.15, -0.1) is 0 Å². The maximum atomic E-state index is 13.0. The minimum atomic E-state index is -0.665. The minimum absolute atomic E-state index is 0.0988. The van der Waals surface area contributed by atoms with Gasteiger partial charge in [-0.2, -0.15) is 9.65 Å². The van der Waals surface area contributed by atoms with Crippen LogP contribution < -0.4 is 0 Å². The summed E-state index contributed by atoms with van der Waals surface area (Å²) in [4.78, 5) is 0. The summed E-state index contributed by atoms with van der Waals surface area (Å²) in [5.74, 6) is 2.10. The van der Waals surface area contributed by atoms with Gasteiger partial charge in [-0.1, -0.05) is 58.3 Å². The average molecular weight is 392 g/mol. The molecule has 2 nitrogen and oxygen atoms in total. The van der Waals surface area contributed by atoms with Crippen molar-refractivity contribution in [3.63, 3.8) is 0 Å². The van der Waals surface area contributed by atoms with E-state index in [9.17, 15) is 4.39 Å². The molecular formula is C25H42FNO. The normalized spacial score (nSPS) is 31.5. The Morgan fingerprint density at radius 3 is 2.29 bits per heavy atom. The van der Waals surface area contributed by atoms with Crippen LogP contribution in [0.5, 0.6) is 0 Å². The van der Waals surface area contributed by atoms with Gasteiger partial charge >= 0.3 is 0 Å². The number of nitriles is 1. The highest BCUT2D eigenvalue weighted by molar-refractivity contribution is 5.11. The SMILES string of the molecule is CCCCCCCC1CCC(C2CCC(CCC=C(F)C#N)(OC)CC2)CC1. The largest absolute Gasteiger partial charge is 0.378 e. The quantitative estimate of drug-likeness (QED) is 0.265. The van der Waals surface area contributed by atoms with E-state index in [2.05, 4.69) is 6.92 Å². The van der Waals surface area contributed by atoms with Gasteiger partial charge in [0.05, 0.1) is 5.60 Å². The minimum Gasteiger partial charge on any atom is -0.378 e. The average Bonchev–Trinajstić information content (AvgIpc) is 2.74. The van der Waals surface area contributed by atoms with E-state index < -0.39 is 5.83 Å². The molecule has 0 aromatic rings. The van der Waals surface area contributed by atoms with Crippen molar-refractivity contribution in [1.82, 2.24) is 0 Å². The molecule has 0 spiro atoms. The molecule has 2 fully saturated rings. The van der Waals surface area contributed by atoms with E-state index in [1.807, 2.05) is 0 Å². The Balaban J connectivity index is 1.67. The van der Waals surface area contributed by atoms with Crippen molar-refractivity contribution in [1.29, 1.82) is 5.26 Å². The smallest absolute Gasteiger partial charge is 0.196 e. The van der Waals surface area contributed by atoms with Crippen LogP contribution in [0.1, 0.15) is 110 Å². The van der Waals surface area contributed by atoms with Gasteiger partial charge in [0.25, 0.3) is 0 Å². The van der Waals surface area contributed by atoms with Gasteiger partial charge in [0, 0.05) is 7.11 Å². The lowest BCUT2D eigenvalue weighted by atomic mass is 9.67. The molecule has 0 aromatic heterocycles. The molecule has 0 saturated heterocycles. The molecule has 160 valence electrons. The molecule has 0 aliphatic heterocycles. The van der Waals surface area contributed by atoms with Gasteiger partial charge in [-0.3, -0.25) is 0 Å². The number of halogens is 1. The second-order valence-corrected chi connectivity index (χ2v) is 9.41. The third kappa shape index (κ3) is 7.51. The second-order valence-electron chi connectivity index (χ2n) is 9.41. The van der Waals surface area contributed by atoms with E-state index in [1.165, 1.54) is 83.1 Å². The molecule has 2 aliphatic rings. The van der Waals surface area contributed by atoms with E-state index in [1.54, 1.807) is 13.2 Å². The van der Waals surface area contributed by atoms with Crippen LogP contribution >= 0.6 is 0 Å². The van der Waals surface area contributed by atoms with Gasteiger partial charge < -0.3 is 4.74 Å². The molecule has 2 saturated carbocycles. The third-order valence-corrected chi connectivity index (χ3v) is 7.68. The van der Waals surface area contributed by atoms with Crippen LogP contribution in [0, 0.1) is 29.1 Å². The van der Waals surface area contributed by atoms with Crippen LogP contribution in [0.3, 0.4) is 0 Å². The zero-order valence-corrected chi connectivity index (χ0v) is 18.4. The van der Waals surface area contributed by atoms with Crippen LogP contribution in [-0.4, -0.2) is 12.7 Å². The summed E-state index contributed by atoms with van der Waals surface area (Å²) in [6, 6.07) is 1.56. The van der Waals surface area contributed by atoms with Crippen molar-refractivity contribution >= 4 is 0 Å². The maximum Gasteiger partial charge on any atom is 0.196 e. The van der Waals surface area contributed by atoms with E-state index in [-0.39, 0.29) is 5.60 Å². The zero-order valence-electron chi connectivity index (χ0n) is 18.4. The molecule has 0 unspecified atom stereocenters. The van der Waals surface area contributed by atoms with Crippen molar-refractivity contribution in [3.05, 3.63) is 11.9 Å².